The van der Waals surface area contributed by atoms with Crippen LogP contribution in [0.2, 0.25) is 5.02 Å². The van der Waals surface area contributed by atoms with Crippen molar-refractivity contribution in [2.24, 2.45) is 0 Å². The summed E-state index contributed by atoms with van der Waals surface area (Å²) >= 11 is 6.23. The van der Waals surface area contributed by atoms with E-state index in [-0.39, 0.29) is 0 Å². The molecule has 0 aliphatic rings. The third-order valence-corrected chi connectivity index (χ3v) is 3.29. The van der Waals surface area contributed by atoms with Crippen LogP contribution in [-0.4, -0.2) is 4.98 Å². The van der Waals surface area contributed by atoms with Crippen LogP contribution in [0.25, 0.3) is 22.0 Å². The molecule has 3 rings (SSSR count). The van der Waals surface area contributed by atoms with Gasteiger partial charge in [0.1, 0.15) is 0 Å². The first-order valence-electron chi connectivity index (χ1n) is 5.56. The molecular weight excluding hydrogens is 244 g/mol. The van der Waals surface area contributed by atoms with Crippen LogP contribution >= 0.6 is 11.6 Å². The Hall–Kier alpha value is -2.24. The Morgan fingerprint density at radius 2 is 1.89 bits per heavy atom. The number of fused-ring (bicyclic) bond motifs is 1. The molecule has 3 heteroatoms. The Kier molecular flexibility index (Phi) is 2.55. The highest BCUT2D eigenvalue weighted by atomic mass is 35.5. The molecule has 2 nitrogen and oxygen atoms in total. The molecular formula is C15H9ClN2. The van der Waals surface area contributed by atoms with E-state index < -0.39 is 0 Å². The van der Waals surface area contributed by atoms with Gasteiger partial charge in [-0.1, -0.05) is 35.9 Å². The first-order chi connectivity index (χ1) is 8.79. The largest absolute Gasteiger partial charge is 0.361 e. The van der Waals surface area contributed by atoms with Gasteiger partial charge in [-0.25, -0.2) is 0 Å². The zero-order valence-electron chi connectivity index (χ0n) is 9.44. The van der Waals surface area contributed by atoms with Crippen LogP contribution < -0.4 is 0 Å². The molecule has 2 aromatic carbocycles. The molecule has 0 aliphatic heterocycles. The minimum atomic E-state index is 0.573. The second-order valence-electron chi connectivity index (χ2n) is 4.05. The maximum absolute atomic E-state index is 8.84. The van der Waals surface area contributed by atoms with Gasteiger partial charge >= 0.3 is 0 Å². The van der Waals surface area contributed by atoms with Gasteiger partial charge in [0, 0.05) is 33.2 Å². The van der Waals surface area contributed by atoms with Gasteiger partial charge in [-0.05, 0) is 18.2 Å². The molecule has 0 saturated carbocycles. The van der Waals surface area contributed by atoms with Crippen LogP contribution in [0.3, 0.4) is 0 Å². The fourth-order valence-corrected chi connectivity index (χ4v) is 2.38. The molecule has 3 aromatic rings. The fraction of sp³-hybridized carbons (Fsp3) is 0. The number of hydrogen-bond acceptors (Lipinski definition) is 1. The van der Waals surface area contributed by atoms with Crippen molar-refractivity contribution in [3.63, 3.8) is 0 Å². The summed E-state index contributed by atoms with van der Waals surface area (Å²) in [6, 6.07) is 15.5. The molecule has 1 aromatic heterocycles. The number of H-pyrrole nitrogens is 1. The van der Waals surface area contributed by atoms with E-state index in [2.05, 4.69) is 17.1 Å². The van der Waals surface area contributed by atoms with Crippen molar-refractivity contribution in [2.75, 3.05) is 0 Å². The molecule has 1 N–H and O–H groups in total. The number of nitrogens with one attached hydrogen (secondary N) is 1. The van der Waals surface area contributed by atoms with Crippen molar-refractivity contribution >= 4 is 22.5 Å². The summed E-state index contributed by atoms with van der Waals surface area (Å²) in [5.41, 5.74) is 3.64. The van der Waals surface area contributed by atoms with Crippen molar-refractivity contribution < 1.29 is 0 Å². The van der Waals surface area contributed by atoms with E-state index in [1.54, 1.807) is 12.1 Å². The highest BCUT2D eigenvalue weighted by molar-refractivity contribution is 6.33. The predicted octanol–water partition coefficient (Wildman–Crippen LogP) is 4.36. The number of halogens is 1. The Labute approximate surface area is 109 Å². The standard InChI is InChI=1S/C15H9ClN2/c16-14-7-10(8-17)5-6-11(14)13-9-18-15-4-2-1-3-12(13)15/h1-7,9,18H. The molecule has 18 heavy (non-hydrogen) atoms. The van der Waals surface area contributed by atoms with E-state index in [0.717, 1.165) is 22.0 Å². The van der Waals surface area contributed by atoms with E-state index >= 15 is 0 Å². The number of nitriles is 1. The molecule has 0 radical (unpaired) electrons. The van der Waals surface area contributed by atoms with Gasteiger partial charge in [-0.15, -0.1) is 0 Å². The van der Waals surface area contributed by atoms with Gasteiger partial charge in [0.25, 0.3) is 0 Å². The molecule has 86 valence electrons. The summed E-state index contributed by atoms with van der Waals surface area (Å²) < 4.78 is 0. The highest BCUT2D eigenvalue weighted by Gasteiger charge is 2.09. The molecule has 0 fully saturated rings. The third kappa shape index (κ3) is 1.66. The fourth-order valence-electron chi connectivity index (χ4n) is 2.10. The van der Waals surface area contributed by atoms with Crippen molar-refractivity contribution in [3.05, 3.63) is 59.2 Å². The number of aromatic nitrogens is 1. The Morgan fingerprint density at radius 3 is 2.67 bits per heavy atom. The van der Waals surface area contributed by atoms with Crippen LogP contribution in [0.5, 0.6) is 0 Å². The maximum atomic E-state index is 8.84. The maximum Gasteiger partial charge on any atom is 0.0992 e. The molecule has 1 heterocycles. The summed E-state index contributed by atoms with van der Waals surface area (Å²) in [4.78, 5) is 3.22. The average Bonchev–Trinajstić information content (AvgIpc) is 2.82. The van der Waals surface area contributed by atoms with E-state index in [4.69, 9.17) is 16.9 Å². The number of aromatic amines is 1. The van der Waals surface area contributed by atoms with Gasteiger partial charge < -0.3 is 4.98 Å². The van der Waals surface area contributed by atoms with Crippen LogP contribution in [0.1, 0.15) is 5.56 Å². The molecule has 0 aliphatic carbocycles. The van der Waals surface area contributed by atoms with Gasteiger partial charge in [-0.3, -0.25) is 0 Å². The minimum absolute atomic E-state index is 0.573. The Balaban J connectivity index is 2.24. The van der Waals surface area contributed by atoms with Crippen LogP contribution in [-0.2, 0) is 0 Å². The molecule has 0 unspecified atom stereocenters. The van der Waals surface area contributed by atoms with Gasteiger partial charge in [0.2, 0.25) is 0 Å². The topological polar surface area (TPSA) is 39.6 Å². The van der Waals surface area contributed by atoms with E-state index in [1.165, 1.54) is 0 Å². The second-order valence-corrected chi connectivity index (χ2v) is 4.46. The lowest BCUT2D eigenvalue weighted by atomic mass is 10.0. The molecule has 0 bridgehead atoms. The lowest BCUT2D eigenvalue weighted by Gasteiger charge is -2.03. The van der Waals surface area contributed by atoms with Gasteiger partial charge in [0.05, 0.1) is 11.6 Å². The smallest absolute Gasteiger partial charge is 0.0992 e. The second kappa shape index (κ2) is 4.21. The SMILES string of the molecule is N#Cc1ccc(-c2c[nH]c3ccccc23)c(Cl)c1. The number of rotatable bonds is 1. The number of benzene rings is 2. The van der Waals surface area contributed by atoms with Crippen molar-refractivity contribution in [1.29, 1.82) is 5.26 Å². The zero-order chi connectivity index (χ0) is 12.5. The predicted molar refractivity (Wildman–Crippen MR) is 73.5 cm³/mol. The normalized spacial score (nSPS) is 10.4. The van der Waals surface area contributed by atoms with E-state index in [9.17, 15) is 0 Å². The van der Waals surface area contributed by atoms with Crippen molar-refractivity contribution in [1.82, 2.24) is 4.98 Å². The van der Waals surface area contributed by atoms with E-state index in [1.807, 2.05) is 30.5 Å². The lowest BCUT2D eigenvalue weighted by Crippen LogP contribution is -1.80. The first-order valence-corrected chi connectivity index (χ1v) is 5.93. The quantitative estimate of drug-likeness (QED) is 0.687. The number of nitrogens with zero attached hydrogens (tertiary/aromatic N) is 1. The molecule has 0 atom stereocenters. The van der Waals surface area contributed by atoms with Crippen molar-refractivity contribution in [2.45, 2.75) is 0 Å². The van der Waals surface area contributed by atoms with Gasteiger partial charge in [0.15, 0.2) is 0 Å². The van der Waals surface area contributed by atoms with Crippen LogP contribution in [0, 0.1) is 11.3 Å². The average molecular weight is 253 g/mol. The minimum Gasteiger partial charge on any atom is -0.361 e. The third-order valence-electron chi connectivity index (χ3n) is 2.98. The lowest BCUT2D eigenvalue weighted by molar-refractivity contribution is 1.46. The summed E-state index contributed by atoms with van der Waals surface area (Å²) in [5.74, 6) is 0. The Bertz CT molecular complexity index is 766. The molecule has 0 spiro atoms. The van der Waals surface area contributed by atoms with E-state index in [0.29, 0.717) is 10.6 Å². The molecule has 0 saturated heterocycles. The summed E-state index contributed by atoms with van der Waals surface area (Å²) in [5, 5.41) is 10.6. The Morgan fingerprint density at radius 1 is 1.06 bits per heavy atom. The number of para-hydroxylation sites is 1. The molecule has 0 amide bonds. The number of hydrogen-bond donors (Lipinski definition) is 1. The van der Waals surface area contributed by atoms with Crippen molar-refractivity contribution in [3.8, 4) is 17.2 Å². The zero-order valence-corrected chi connectivity index (χ0v) is 10.2. The summed E-state index contributed by atoms with van der Waals surface area (Å²) in [6.45, 7) is 0. The summed E-state index contributed by atoms with van der Waals surface area (Å²) in [7, 11) is 0. The highest BCUT2D eigenvalue weighted by Crippen LogP contribution is 2.33. The summed E-state index contributed by atoms with van der Waals surface area (Å²) in [6.07, 6.45) is 1.94. The van der Waals surface area contributed by atoms with Gasteiger partial charge in [-0.2, -0.15) is 5.26 Å². The van der Waals surface area contributed by atoms with Crippen LogP contribution in [0.4, 0.5) is 0 Å². The van der Waals surface area contributed by atoms with Crippen LogP contribution in [0.15, 0.2) is 48.7 Å². The first kappa shape index (κ1) is 10.9. The monoisotopic (exact) mass is 252 g/mol.